The molecule has 0 fully saturated rings. The molecule has 0 spiro atoms. The van der Waals surface area contributed by atoms with Gasteiger partial charge in [-0.3, -0.25) is 9.62 Å². The average Bonchev–Trinajstić information content (AvgIpc) is 2.75. The van der Waals surface area contributed by atoms with Gasteiger partial charge in [0.1, 0.15) is 0 Å². The summed E-state index contributed by atoms with van der Waals surface area (Å²) in [4.78, 5) is 2.79. The Morgan fingerprint density at radius 1 is 1.06 bits per heavy atom. The molecule has 1 heterocycles. The van der Waals surface area contributed by atoms with Gasteiger partial charge in [-0.2, -0.15) is 13.2 Å². The number of ether oxygens (including phenoxy) is 2. The van der Waals surface area contributed by atoms with E-state index < -0.39 is 11.7 Å². The number of nitrogens with one attached hydrogen (secondary N) is 1. The van der Waals surface area contributed by atoms with E-state index in [0.717, 1.165) is 74.5 Å². The second kappa shape index (κ2) is 10.8. The Morgan fingerprint density at radius 3 is 2.45 bits per heavy atom. The van der Waals surface area contributed by atoms with Crippen LogP contribution in [0.25, 0.3) is 0 Å². The number of methoxy groups -OCH3 is 2. The number of unbranched alkanes of at least 4 members (excludes halogenated alkanes) is 1. The van der Waals surface area contributed by atoms with Gasteiger partial charge >= 0.3 is 6.18 Å². The van der Waals surface area contributed by atoms with Gasteiger partial charge in [-0.1, -0.05) is 11.6 Å². The fourth-order valence-electron chi connectivity index (χ4n) is 3.55. The largest absolute Gasteiger partial charge is 0.493 e. The lowest BCUT2D eigenvalue weighted by Gasteiger charge is -2.29. The third kappa shape index (κ3) is 6.44. The van der Waals surface area contributed by atoms with Crippen molar-refractivity contribution in [1.82, 2.24) is 9.62 Å². The summed E-state index contributed by atoms with van der Waals surface area (Å²) in [6, 6.07) is 7.47. The molecule has 170 valence electrons. The summed E-state index contributed by atoms with van der Waals surface area (Å²) in [5.41, 5.74) is 1.86. The minimum Gasteiger partial charge on any atom is -0.493 e. The van der Waals surface area contributed by atoms with E-state index >= 15 is 0 Å². The first-order valence-electron chi connectivity index (χ1n) is 10.0. The van der Waals surface area contributed by atoms with Crippen LogP contribution in [0.4, 0.5) is 13.2 Å². The van der Waals surface area contributed by atoms with Crippen LogP contribution in [0.1, 0.15) is 29.5 Å². The fraction of sp³-hybridized carbons (Fsp3) is 0.455. The third-order valence-corrected chi connectivity index (χ3v) is 6.59. The maximum Gasteiger partial charge on any atom is 0.416 e. The van der Waals surface area contributed by atoms with Crippen molar-refractivity contribution in [3.63, 3.8) is 0 Å². The highest BCUT2D eigenvalue weighted by molar-refractivity contribution is 7.97. The summed E-state index contributed by atoms with van der Waals surface area (Å²) in [5, 5.41) is 0.310. The summed E-state index contributed by atoms with van der Waals surface area (Å²) in [7, 11) is 3.29. The van der Waals surface area contributed by atoms with Gasteiger partial charge in [0, 0.05) is 24.5 Å². The van der Waals surface area contributed by atoms with E-state index in [2.05, 4.69) is 21.8 Å². The first kappa shape index (κ1) is 24.0. The smallest absolute Gasteiger partial charge is 0.416 e. The summed E-state index contributed by atoms with van der Waals surface area (Å²) in [6.07, 6.45) is -1.49. The van der Waals surface area contributed by atoms with Gasteiger partial charge < -0.3 is 9.47 Å². The fourth-order valence-corrected chi connectivity index (χ4v) is 4.54. The zero-order chi connectivity index (χ0) is 22.4. The van der Waals surface area contributed by atoms with Crippen molar-refractivity contribution < 1.29 is 22.6 Å². The van der Waals surface area contributed by atoms with Crippen LogP contribution in [-0.4, -0.2) is 38.8 Å². The Hall–Kier alpha value is -1.61. The Morgan fingerprint density at radius 2 is 1.77 bits per heavy atom. The molecule has 2 aromatic rings. The number of alkyl halides is 3. The maximum atomic E-state index is 12.8. The van der Waals surface area contributed by atoms with Crippen LogP contribution in [0.2, 0.25) is 5.02 Å². The van der Waals surface area contributed by atoms with E-state index in [9.17, 15) is 13.2 Å². The molecule has 9 heteroatoms. The predicted molar refractivity (Wildman–Crippen MR) is 118 cm³/mol. The van der Waals surface area contributed by atoms with Crippen LogP contribution in [0.5, 0.6) is 11.5 Å². The van der Waals surface area contributed by atoms with Crippen molar-refractivity contribution in [2.75, 3.05) is 33.9 Å². The van der Waals surface area contributed by atoms with Gasteiger partial charge in [0.25, 0.3) is 0 Å². The number of hydrogen-bond acceptors (Lipinski definition) is 5. The average molecular weight is 475 g/mol. The number of fused-ring (bicyclic) bond motifs is 1. The number of halogens is 4. The third-order valence-electron chi connectivity index (χ3n) is 5.24. The second-order valence-corrected chi connectivity index (χ2v) is 8.69. The molecule has 31 heavy (non-hydrogen) atoms. The monoisotopic (exact) mass is 474 g/mol. The molecule has 3 rings (SSSR count). The van der Waals surface area contributed by atoms with Crippen LogP contribution in [0.3, 0.4) is 0 Å². The van der Waals surface area contributed by atoms with Crippen molar-refractivity contribution >= 4 is 23.5 Å². The lowest BCUT2D eigenvalue weighted by atomic mass is 9.98. The Bertz CT molecular complexity index is 896. The van der Waals surface area contributed by atoms with Gasteiger partial charge in [-0.05, 0) is 79.2 Å². The Labute approximate surface area is 190 Å². The van der Waals surface area contributed by atoms with E-state index in [1.807, 2.05) is 0 Å². The van der Waals surface area contributed by atoms with Gasteiger partial charge in [-0.25, -0.2) is 0 Å². The highest BCUT2D eigenvalue weighted by atomic mass is 35.5. The molecule has 1 aliphatic heterocycles. The molecule has 0 amide bonds. The first-order chi connectivity index (χ1) is 14.8. The van der Waals surface area contributed by atoms with Crippen molar-refractivity contribution in [2.24, 2.45) is 0 Å². The van der Waals surface area contributed by atoms with Crippen molar-refractivity contribution in [3.8, 4) is 11.5 Å². The highest BCUT2D eigenvalue weighted by Crippen LogP contribution is 2.35. The number of hydrogen-bond donors (Lipinski definition) is 1. The van der Waals surface area contributed by atoms with Crippen LogP contribution < -0.4 is 14.2 Å². The van der Waals surface area contributed by atoms with Gasteiger partial charge in [0.2, 0.25) is 0 Å². The molecule has 1 aliphatic rings. The lowest BCUT2D eigenvalue weighted by Crippen LogP contribution is -2.31. The van der Waals surface area contributed by atoms with E-state index in [1.165, 1.54) is 17.2 Å². The standard InChI is InChI=1S/C22H26ClF3N2O2S/c1-29-19-11-15-7-10-28(14-16(15)12-20(19)30-2)9-4-3-8-27-31-21-13-17(22(24,25)26)5-6-18(21)23/h5-6,11-13,27H,3-4,7-10,14H2,1-2H3. The van der Waals surface area contributed by atoms with E-state index in [0.29, 0.717) is 16.5 Å². The molecule has 0 saturated carbocycles. The molecular weight excluding hydrogens is 449 g/mol. The maximum absolute atomic E-state index is 12.8. The summed E-state index contributed by atoms with van der Waals surface area (Å²) in [6.45, 7) is 3.51. The van der Waals surface area contributed by atoms with Gasteiger partial charge in [-0.15, -0.1) is 0 Å². The van der Waals surface area contributed by atoms with Crippen molar-refractivity contribution in [1.29, 1.82) is 0 Å². The SMILES string of the molecule is COc1cc2c(cc1OC)CN(CCCCNSc1cc(C(F)(F)F)ccc1Cl)CC2. The minimum absolute atomic E-state index is 0.310. The summed E-state index contributed by atoms with van der Waals surface area (Å²) in [5.74, 6) is 1.51. The van der Waals surface area contributed by atoms with Gasteiger partial charge in [0.05, 0.1) is 24.8 Å². The lowest BCUT2D eigenvalue weighted by molar-refractivity contribution is -0.137. The summed E-state index contributed by atoms with van der Waals surface area (Å²) < 4.78 is 52.5. The van der Waals surface area contributed by atoms with Crippen LogP contribution in [0.15, 0.2) is 35.2 Å². The van der Waals surface area contributed by atoms with Gasteiger partial charge in [0.15, 0.2) is 11.5 Å². The molecule has 0 atom stereocenters. The molecule has 0 aromatic heterocycles. The number of benzene rings is 2. The molecule has 0 unspecified atom stereocenters. The molecule has 4 nitrogen and oxygen atoms in total. The highest BCUT2D eigenvalue weighted by Gasteiger charge is 2.31. The molecule has 1 N–H and O–H groups in total. The summed E-state index contributed by atoms with van der Waals surface area (Å²) >= 11 is 7.16. The Balaban J connectivity index is 1.41. The molecule has 0 saturated heterocycles. The molecule has 2 aromatic carbocycles. The number of nitrogens with zero attached hydrogens (tertiary/aromatic N) is 1. The van der Waals surface area contributed by atoms with Crippen molar-refractivity contribution in [2.45, 2.75) is 36.9 Å². The zero-order valence-electron chi connectivity index (χ0n) is 17.5. The molecule has 0 radical (unpaired) electrons. The molecule has 0 bridgehead atoms. The van der Waals surface area contributed by atoms with E-state index in [-0.39, 0.29) is 0 Å². The van der Waals surface area contributed by atoms with E-state index in [4.69, 9.17) is 21.1 Å². The molecule has 0 aliphatic carbocycles. The predicted octanol–water partition coefficient (Wildman–Crippen LogP) is 5.81. The van der Waals surface area contributed by atoms with Crippen molar-refractivity contribution in [3.05, 3.63) is 52.0 Å². The topological polar surface area (TPSA) is 33.7 Å². The normalized spacial score (nSPS) is 14.4. The molecular formula is C22H26ClF3N2O2S. The van der Waals surface area contributed by atoms with Crippen LogP contribution >= 0.6 is 23.5 Å². The van der Waals surface area contributed by atoms with E-state index in [1.54, 1.807) is 14.2 Å². The second-order valence-electron chi connectivity index (χ2n) is 7.35. The quantitative estimate of drug-likeness (QED) is 0.366. The van der Waals surface area contributed by atoms with Crippen LogP contribution in [-0.2, 0) is 19.1 Å². The minimum atomic E-state index is -4.37. The zero-order valence-corrected chi connectivity index (χ0v) is 19.1. The number of rotatable bonds is 9. The first-order valence-corrected chi connectivity index (χ1v) is 11.2. The van der Waals surface area contributed by atoms with Crippen LogP contribution in [0, 0.1) is 0 Å². The Kier molecular flexibility index (Phi) is 8.38.